The lowest BCUT2D eigenvalue weighted by Crippen LogP contribution is -2.46. The highest BCUT2D eigenvalue weighted by molar-refractivity contribution is 5.75. The Labute approximate surface area is 168 Å². The Bertz CT molecular complexity index is 1160. The summed E-state index contributed by atoms with van der Waals surface area (Å²) in [5.41, 5.74) is -0.232. The van der Waals surface area contributed by atoms with Gasteiger partial charge in [0.05, 0.1) is 11.8 Å². The van der Waals surface area contributed by atoms with Gasteiger partial charge in [0.1, 0.15) is 11.3 Å². The molecule has 1 atom stereocenters. The lowest BCUT2D eigenvalue weighted by Gasteiger charge is -2.34. The molecule has 30 heavy (non-hydrogen) atoms. The molecule has 154 valence electrons. The Morgan fingerprint density at radius 1 is 1.13 bits per heavy atom. The minimum atomic E-state index is -4.53. The predicted octanol–water partition coefficient (Wildman–Crippen LogP) is 4.02. The number of aromatic nitrogens is 6. The maximum atomic E-state index is 13.9. The van der Waals surface area contributed by atoms with Crippen LogP contribution >= 0.6 is 0 Å². The Morgan fingerprint density at radius 3 is 2.60 bits per heavy atom. The third-order valence-corrected chi connectivity index (χ3v) is 5.42. The normalized spacial score (nSPS) is 16.7. The summed E-state index contributed by atoms with van der Waals surface area (Å²) in [5, 5.41) is 4.26. The number of nitrogens with one attached hydrogen (secondary N) is 1. The van der Waals surface area contributed by atoms with E-state index in [0.717, 1.165) is 12.6 Å². The third kappa shape index (κ3) is 2.86. The van der Waals surface area contributed by atoms with Gasteiger partial charge in [0.2, 0.25) is 0 Å². The van der Waals surface area contributed by atoms with Crippen molar-refractivity contribution in [3.8, 4) is 17.2 Å². The molecule has 1 saturated carbocycles. The van der Waals surface area contributed by atoms with Crippen molar-refractivity contribution in [1.82, 2.24) is 29.7 Å². The van der Waals surface area contributed by atoms with Crippen LogP contribution < -0.4 is 0 Å². The summed E-state index contributed by atoms with van der Waals surface area (Å²) in [6, 6.07) is 6.55. The van der Waals surface area contributed by atoms with Gasteiger partial charge >= 0.3 is 6.18 Å². The van der Waals surface area contributed by atoms with Crippen molar-refractivity contribution < 1.29 is 17.9 Å². The van der Waals surface area contributed by atoms with Crippen molar-refractivity contribution >= 4 is 11.2 Å². The van der Waals surface area contributed by atoms with E-state index in [0.29, 0.717) is 35.7 Å². The highest BCUT2D eigenvalue weighted by Gasteiger charge is 2.64. The largest absolute Gasteiger partial charge is 0.422 e. The van der Waals surface area contributed by atoms with E-state index in [-0.39, 0.29) is 5.56 Å². The molecule has 0 bridgehead atoms. The molecule has 1 N–H and O–H groups in total. The number of nitrogens with zero attached hydrogens (tertiary/aromatic N) is 5. The van der Waals surface area contributed by atoms with Gasteiger partial charge < -0.3 is 9.72 Å². The smallest absolute Gasteiger partial charge is 0.364 e. The number of hydrogen-bond donors (Lipinski definition) is 1. The minimum absolute atomic E-state index is 0.000474. The molecular formula is C20H17F3N6O. The number of halogens is 3. The lowest BCUT2D eigenvalue weighted by molar-refractivity contribution is -0.285. The molecule has 0 saturated heterocycles. The maximum Gasteiger partial charge on any atom is 0.422 e. The maximum absolute atomic E-state index is 13.9. The topological polar surface area (TPSA) is 81.5 Å². The molecular weight excluding hydrogens is 397 g/mol. The zero-order chi connectivity index (χ0) is 20.9. The van der Waals surface area contributed by atoms with Gasteiger partial charge in [0, 0.05) is 37.2 Å². The van der Waals surface area contributed by atoms with Crippen LogP contribution in [-0.2, 0) is 10.3 Å². The first-order valence-electron chi connectivity index (χ1n) is 9.37. The monoisotopic (exact) mass is 414 g/mol. The van der Waals surface area contributed by atoms with Gasteiger partial charge in [0.25, 0.3) is 0 Å². The highest BCUT2D eigenvalue weighted by atomic mass is 19.4. The van der Waals surface area contributed by atoms with E-state index in [9.17, 15) is 13.2 Å². The Morgan fingerprint density at radius 2 is 1.97 bits per heavy atom. The van der Waals surface area contributed by atoms with Crippen LogP contribution in [0.25, 0.3) is 28.4 Å². The number of aromatic amines is 1. The number of pyridine rings is 2. The first-order valence-corrected chi connectivity index (χ1v) is 9.37. The Balaban J connectivity index is 1.46. The molecule has 7 nitrogen and oxygen atoms in total. The second-order valence-electron chi connectivity index (χ2n) is 7.25. The van der Waals surface area contributed by atoms with Crippen LogP contribution in [0.3, 0.4) is 0 Å². The molecule has 1 unspecified atom stereocenters. The second kappa shape index (κ2) is 6.63. The van der Waals surface area contributed by atoms with Crippen LogP contribution in [0.4, 0.5) is 13.2 Å². The van der Waals surface area contributed by atoms with Crippen LogP contribution in [0, 0.1) is 5.92 Å². The average Bonchev–Trinajstić information content (AvgIpc) is 3.29. The van der Waals surface area contributed by atoms with Gasteiger partial charge in [-0.3, -0.25) is 0 Å². The van der Waals surface area contributed by atoms with Crippen molar-refractivity contribution in [1.29, 1.82) is 0 Å². The molecule has 1 aliphatic carbocycles. The summed E-state index contributed by atoms with van der Waals surface area (Å²) in [4.78, 5) is 16.0. The van der Waals surface area contributed by atoms with Crippen LogP contribution in [0.15, 0.2) is 49.1 Å². The molecule has 5 rings (SSSR count). The molecule has 0 aliphatic heterocycles. The first-order chi connectivity index (χ1) is 14.4. The summed E-state index contributed by atoms with van der Waals surface area (Å²) >= 11 is 0. The van der Waals surface area contributed by atoms with Crippen LogP contribution in [0.1, 0.15) is 18.4 Å². The van der Waals surface area contributed by atoms with Gasteiger partial charge in [-0.1, -0.05) is 6.07 Å². The van der Waals surface area contributed by atoms with E-state index in [4.69, 9.17) is 4.74 Å². The van der Waals surface area contributed by atoms with Gasteiger partial charge in [-0.2, -0.15) is 18.3 Å². The quantitative estimate of drug-likeness (QED) is 0.534. The zero-order valence-electron chi connectivity index (χ0n) is 15.9. The van der Waals surface area contributed by atoms with Gasteiger partial charge in [-0.05, 0) is 31.0 Å². The summed E-state index contributed by atoms with van der Waals surface area (Å²) in [7, 11) is 1.10. The van der Waals surface area contributed by atoms with E-state index in [1.165, 1.54) is 23.0 Å². The van der Waals surface area contributed by atoms with Gasteiger partial charge in [0.15, 0.2) is 17.1 Å². The highest BCUT2D eigenvalue weighted by Crippen LogP contribution is 2.56. The SMILES string of the molecule is COC(c1ccc(-n2cc(-c3nc4cccnc4[nH]3)cn2)nc1)(C1CC1)C(F)(F)F. The molecule has 1 aliphatic rings. The number of alkyl halides is 3. The minimum Gasteiger partial charge on any atom is -0.364 e. The number of hydrogen-bond acceptors (Lipinski definition) is 5. The molecule has 4 heterocycles. The number of H-pyrrole nitrogens is 1. The number of fused-ring (bicyclic) bond motifs is 1. The lowest BCUT2D eigenvalue weighted by atomic mass is 9.89. The molecule has 10 heteroatoms. The second-order valence-corrected chi connectivity index (χ2v) is 7.25. The average molecular weight is 414 g/mol. The fourth-order valence-corrected chi connectivity index (χ4v) is 3.81. The number of rotatable bonds is 5. The predicted molar refractivity (Wildman–Crippen MR) is 102 cm³/mol. The van der Waals surface area contributed by atoms with Crippen LogP contribution in [0.5, 0.6) is 0 Å². The van der Waals surface area contributed by atoms with Crippen molar-refractivity contribution in [2.45, 2.75) is 24.6 Å². The first kappa shape index (κ1) is 18.7. The fraction of sp³-hybridized carbons (Fsp3) is 0.300. The van der Waals surface area contributed by atoms with Crippen molar-refractivity contribution in [2.75, 3.05) is 7.11 Å². The molecule has 0 amide bonds. The van der Waals surface area contributed by atoms with Crippen molar-refractivity contribution in [2.24, 2.45) is 5.92 Å². The van der Waals surface area contributed by atoms with E-state index in [1.54, 1.807) is 24.7 Å². The molecule has 4 aromatic rings. The molecule has 4 aromatic heterocycles. The Hall–Kier alpha value is -3.27. The standard InChI is InChI=1S/C20H17F3N6O/c1-30-19(13-4-5-13,20(21,22)23)14-6-7-16(25-10-14)29-11-12(9-26-29)17-27-15-3-2-8-24-18(15)28-17/h2-3,6-11,13H,4-5H2,1H3,(H,24,27,28). The number of ether oxygens (including phenoxy) is 1. The van der Waals surface area contributed by atoms with Gasteiger partial charge in [-0.15, -0.1) is 0 Å². The van der Waals surface area contributed by atoms with E-state index < -0.39 is 17.7 Å². The van der Waals surface area contributed by atoms with Crippen LogP contribution in [-0.4, -0.2) is 43.0 Å². The molecule has 0 radical (unpaired) electrons. The van der Waals surface area contributed by atoms with Gasteiger partial charge in [-0.25, -0.2) is 19.6 Å². The molecule has 0 spiro atoms. The summed E-state index contributed by atoms with van der Waals surface area (Å²) in [6.07, 6.45) is 2.62. The summed E-state index contributed by atoms with van der Waals surface area (Å²) < 4.78 is 48.1. The van der Waals surface area contributed by atoms with Crippen molar-refractivity contribution in [3.63, 3.8) is 0 Å². The fourth-order valence-electron chi connectivity index (χ4n) is 3.81. The molecule has 0 aromatic carbocycles. The Kier molecular flexibility index (Phi) is 4.14. The summed E-state index contributed by atoms with van der Waals surface area (Å²) in [6.45, 7) is 0. The number of imidazole rings is 1. The summed E-state index contributed by atoms with van der Waals surface area (Å²) in [5.74, 6) is 0.395. The third-order valence-electron chi connectivity index (χ3n) is 5.42. The van der Waals surface area contributed by atoms with Crippen molar-refractivity contribution in [3.05, 3.63) is 54.6 Å². The van der Waals surface area contributed by atoms with Crippen LogP contribution in [0.2, 0.25) is 0 Å². The number of methoxy groups -OCH3 is 1. The van der Waals surface area contributed by atoms with E-state index in [2.05, 4.69) is 25.0 Å². The van der Waals surface area contributed by atoms with E-state index >= 15 is 0 Å². The zero-order valence-corrected chi connectivity index (χ0v) is 15.9. The van der Waals surface area contributed by atoms with E-state index in [1.807, 2.05) is 6.07 Å². The molecule has 1 fully saturated rings.